The van der Waals surface area contributed by atoms with Gasteiger partial charge in [-0.15, -0.1) is 0 Å². The summed E-state index contributed by atoms with van der Waals surface area (Å²) in [4.78, 5) is 10.7. The Hall–Kier alpha value is -1.23. The Morgan fingerprint density at radius 3 is 1.66 bits per heavy atom. The van der Waals surface area contributed by atoms with Crippen molar-refractivity contribution in [3.8, 4) is 0 Å². The van der Waals surface area contributed by atoms with E-state index < -0.39 is 0 Å². The molecule has 35 heavy (non-hydrogen) atoms. The summed E-state index contributed by atoms with van der Waals surface area (Å²) in [6.45, 7) is 8.68. The molecule has 2 aliphatic carbocycles. The van der Waals surface area contributed by atoms with E-state index in [2.05, 4.69) is 94.4 Å². The zero-order chi connectivity index (χ0) is 23.1. The summed E-state index contributed by atoms with van der Waals surface area (Å²) in [7, 11) is 0.271. The van der Waals surface area contributed by atoms with Crippen molar-refractivity contribution < 1.29 is 51.3 Å². The van der Waals surface area contributed by atoms with Crippen molar-refractivity contribution in [2.24, 2.45) is 17.8 Å². The van der Waals surface area contributed by atoms with Gasteiger partial charge in [0.05, 0.1) is 5.91 Å². The topological polar surface area (TPSA) is 40.9 Å². The molecule has 1 N–H and O–H groups in total. The quantitative estimate of drug-likeness (QED) is 0.321. The Labute approximate surface area is 241 Å². The van der Waals surface area contributed by atoms with Gasteiger partial charge in [0.2, 0.25) is 0 Å². The van der Waals surface area contributed by atoms with Gasteiger partial charge in [0.1, 0.15) is 9.52 Å². The molecule has 0 spiro atoms. The van der Waals surface area contributed by atoms with Crippen molar-refractivity contribution in [3.05, 3.63) is 94.7 Å². The van der Waals surface area contributed by atoms with Crippen molar-refractivity contribution >= 4 is 25.8 Å². The molecule has 2 bridgehead atoms. The molecule has 2 fully saturated rings. The average Bonchev–Trinajstić information content (AvgIpc) is 3.49. The summed E-state index contributed by atoms with van der Waals surface area (Å²) in [5.41, 5.74) is 12.7. The Balaban J connectivity index is 0.000000484. The molecule has 2 saturated carbocycles. The van der Waals surface area contributed by atoms with Gasteiger partial charge in [-0.25, -0.2) is 0 Å². The number of hydrogen-bond acceptors (Lipinski definition) is 1. The predicted molar refractivity (Wildman–Crippen MR) is 139 cm³/mol. The molecule has 2 aliphatic rings. The van der Waals surface area contributed by atoms with Crippen molar-refractivity contribution in [2.45, 2.75) is 53.4 Å². The molecule has 5 rings (SSSR count). The molecular weight excluding hydrogens is 525 g/mol. The van der Waals surface area contributed by atoms with Gasteiger partial charge in [0.15, 0.2) is 0 Å². The van der Waals surface area contributed by atoms with E-state index in [1.807, 2.05) is 0 Å². The first kappa shape index (κ1) is 33.8. The number of fused-ring (bicyclic) bond motifs is 2. The van der Waals surface area contributed by atoms with Crippen LogP contribution in [0.15, 0.2) is 66.7 Å². The van der Waals surface area contributed by atoms with E-state index in [-0.39, 0.29) is 67.9 Å². The van der Waals surface area contributed by atoms with Gasteiger partial charge in [0.25, 0.3) is 0 Å². The number of amides is 1. The normalized spacial score (nSPS) is 18.9. The van der Waals surface area contributed by atoms with Gasteiger partial charge in [-0.2, -0.15) is 28.3 Å². The van der Waals surface area contributed by atoms with Crippen LogP contribution in [0.5, 0.6) is 0 Å². The SMILES string of the molecule is Cc1c[c-](C)c(C)c1C.[Cl-].[Cl-].[NH-]C(=O)C1CC2CCC1C2.[Ti+4].c1ccc([SiH]c2ccccc2)cc1. The van der Waals surface area contributed by atoms with Crippen LogP contribution in [0.2, 0.25) is 0 Å². The van der Waals surface area contributed by atoms with Crippen molar-refractivity contribution in [2.75, 3.05) is 0 Å². The van der Waals surface area contributed by atoms with E-state index in [0.717, 1.165) is 12.3 Å². The number of rotatable bonds is 3. The second kappa shape index (κ2) is 16.5. The molecule has 2 nitrogen and oxygen atoms in total. The van der Waals surface area contributed by atoms with Crippen LogP contribution in [0, 0.1) is 45.4 Å². The zero-order valence-electron chi connectivity index (χ0n) is 21.2. The van der Waals surface area contributed by atoms with E-state index in [0.29, 0.717) is 5.92 Å². The van der Waals surface area contributed by atoms with Crippen LogP contribution in [0.3, 0.4) is 0 Å². The van der Waals surface area contributed by atoms with Gasteiger partial charge in [-0.05, 0) is 31.1 Å². The number of halogens is 2. The molecule has 3 aromatic carbocycles. The van der Waals surface area contributed by atoms with Crippen molar-refractivity contribution in [1.29, 1.82) is 0 Å². The van der Waals surface area contributed by atoms with Gasteiger partial charge >= 0.3 is 21.7 Å². The van der Waals surface area contributed by atoms with Crippen LogP contribution in [0.4, 0.5) is 0 Å². The first-order valence-electron chi connectivity index (χ1n) is 11.8. The van der Waals surface area contributed by atoms with Gasteiger partial charge in [-0.1, -0.05) is 105 Å². The average molecular weight is 561 g/mol. The Bertz CT molecular complexity index is 950. The molecule has 185 valence electrons. The Morgan fingerprint density at radius 2 is 1.40 bits per heavy atom. The molecule has 0 heterocycles. The summed E-state index contributed by atoms with van der Waals surface area (Å²) in [5, 5.41) is 2.90. The monoisotopic (exact) mass is 560 g/mol. The van der Waals surface area contributed by atoms with Crippen LogP contribution >= 0.6 is 0 Å². The van der Waals surface area contributed by atoms with Crippen LogP contribution in [0.1, 0.15) is 47.9 Å². The van der Waals surface area contributed by atoms with Crippen LogP contribution in [-0.4, -0.2) is 15.4 Å². The molecule has 3 aromatic rings. The maximum atomic E-state index is 10.7. The second-order valence-electron chi connectivity index (χ2n) is 9.37. The first-order chi connectivity index (χ1) is 15.3. The Kier molecular flexibility index (Phi) is 15.9. The summed E-state index contributed by atoms with van der Waals surface area (Å²) < 4.78 is 0. The number of hydrogen-bond donors (Lipinski definition) is 0. The minimum atomic E-state index is -0.313. The van der Waals surface area contributed by atoms with E-state index in [4.69, 9.17) is 5.73 Å². The van der Waals surface area contributed by atoms with Crippen molar-refractivity contribution in [1.82, 2.24) is 0 Å². The molecule has 0 aromatic heterocycles. The van der Waals surface area contributed by atoms with Crippen LogP contribution in [0.25, 0.3) is 5.73 Å². The first-order valence-corrected chi connectivity index (χ1v) is 12.9. The molecule has 0 saturated heterocycles. The fraction of sp³-hybridized carbons (Fsp3) is 0.379. The van der Waals surface area contributed by atoms with Crippen LogP contribution < -0.4 is 35.2 Å². The molecular formula is C29H36Cl2NOSiTi. The number of carbonyl (C=O) groups is 1. The minimum Gasteiger partial charge on any atom is -1.00 e. The molecule has 3 unspecified atom stereocenters. The third-order valence-corrected chi connectivity index (χ3v) is 8.62. The summed E-state index contributed by atoms with van der Waals surface area (Å²) >= 11 is 0. The zero-order valence-corrected chi connectivity index (χ0v) is 25.4. The number of aryl methyl sites for hydroxylation is 2. The molecule has 1 amide bonds. The maximum Gasteiger partial charge on any atom is 4.00 e. The Morgan fingerprint density at radius 1 is 0.886 bits per heavy atom. The van der Waals surface area contributed by atoms with E-state index in [1.165, 1.54) is 51.9 Å². The molecule has 0 aliphatic heterocycles. The van der Waals surface area contributed by atoms with Gasteiger partial charge < -0.3 is 35.3 Å². The smallest absolute Gasteiger partial charge is 1.00 e. The van der Waals surface area contributed by atoms with Crippen molar-refractivity contribution in [3.63, 3.8) is 0 Å². The van der Waals surface area contributed by atoms with E-state index in [9.17, 15) is 4.79 Å². The summed E-state index contributed by atoms with van der Waals surface area (Å²) in [6.07, 6.45) is 4.77. The predicted octanol–water partition coefficient (Wildman–Crippen LogP) is -0.280. The van der Waals surface area contributed by atoms with Gasteiger partial charge in [-0.3, -0.25) is 0 Å². The van der Waals surface area contributed by atoms with Crippen LogP contribution in [-0.2, 0) is 26.5 Å². The number of carbonyl (C=O) groups excluding carboxylic acids is 1. The maximum absolute atomic E-state index is 10.7. The fourth-order valence-electron chi connectivity index (χ4n) is 4.99. The second-order valence-corrected chi connectivity index (χ2v) is 11.0. The van der Waals surface area contributed by atoms with E-state index in [1.54, 1.807) is 0 Å². The summed E-state index contributed by atoms with van der Waals surface area (Å²) in [5.74, 6) is 1.20. The summed E-state index contributed by atoms with van der Waals surface area (Å²) in [6, 6.07) is 23.6. The number of nitrogens with one attached hydrogen (secondary N) is 1. The number of benzene rings is 2. The standard InChI is InChI=1S/C12H11Si.C9H13.C8H13NO.2ClH.Ti/c1-3-7-11(8-4-1)13-12-9-5-2-6-10-12;1-6-5-7(2)9(4)8(6)3;9-8(10)7-4-5-1-2-6(7)3-5;;;/h1-10,13H;5H,1-4H3;5-7H,1-4H2,(H2,9,10);2*1H;/q;-1;;;;+4/p-3. The fourth-order valence-corrected chi connectivity index (χ4v) is 6.20. The molecule has 1 radical (unpaired) electrons. The minimum absolute atomic E-state index is 0. The van der Waals surface area contributed by atoms with E-state index >= 15 is 0 Å². The molecule has 3 atom stereocenters. The third-order valence-electron chi connectivity index (χ3n) is 7.19. The largest absolute Gasteiger partial charge is 4.00 e. The molecule has 6 heteroatoms. The third kappa shape index (κ3) is 9.98. The van der Waals surface area contributed by atoms with Gasteiger partial charge in [0, 0.05) is 5.92 Å².